The molecule has 0 fully saturated rings. The highest BCUT2D eigenvalue weighted by Crippen LogP contribution is 2.22. The van der Waals surface area contributed by atoms with Crippen LogP contribution in [-0.2, 0) is 4.79 Å². The number of carbonyl (C=O) groups excluding carboxylic acids is 2. The van der Waals surface area contributed by atoms with Gasteiger partial charge in [0.15, 0.2) is 5.11 Å². The van der Waals surface area contributed by atoms with Crippen molar-refractivity contribution in [2.45, 2.75) is 26.3 Å². The van der Waals surface area contributed by atoms with E-state index >= 15 is 0 Å². The predicted molar refractivity (Wildman–Crippen MR) is 95.6 cm³/mol. The van der Waals surface area contributed by atoms with Gasteiger partial charge in [0.25, 0.3) is 11.8 Å². The fourth-order valence-corrected chi connectivity index (χ4v) is 2.10. The fraction of sp³-hybridized carbons (Fsp3) is 0.357. The summed E-state index contributed by atoms with van der Waals surface area (Å²) < 4.78 is 0. The highest BCUT2D eigenvalue weighted by atomic mass is 35.5. The Morgan fingerprint density at radius 1 is 1.13 bits per heavy atom. The van der Waals surface area contributed by atoms with Gasteiger partial charge in [0.05, 0.1) is 16.6 Å². The molecule has 1 rings (SSSR count). The first-order valence-corrected chi connectivity index (χ1v) is 7.85. The lowest BCUT2D eigenvalue weighted by atomic mass is 10.1. The van der Waals surface area contributed by atoms with Crippen molar-refractivity contribution in [2.75, 3.05) is 6.54 Å². The standard InChI is InChI=1S/C14H18Cl2N4O2S/c1-14(2,3)18-13(23)20-19-11(21)7-17-12(22)8-4-5-9(15)10(16)6-8/h4-6H,7H2,1-3H3,(H,17,22)(H,19,21)(H2,18,20,23). The average Bonchev–Trinajstić information content (AvgIpc) is 2.43. The smallest absolute Gasteiger partial charge is 0.257 e. The molecule has 0 aromatic heterocycles. The Kier molecular flexibility index (Phi) is 7.05. The van der Waals surface area contributed by atoms with Crippen molar-refractivity contribution >= 4 is 52.3 Å². The zero-order valence-corrected chi connectivity index (χ0v) is 15.2. The van der Waals surface area contributed by atoms with E-state index in [1.54, 1.807) is 0 Å². The summed E-state index contributed by atoms with van der Waals surface area (Å²) in [6.07, 6.45) is 0. The van der Waals surface area contributed by atoms with Crippen LogP contribution in [0.1, 0.15) is 31.1 Å². The molecule has 0 aliphatic heterocycles. The second-order valence-electron chi connectivity index (χ2n) is 5.69. The van der Waals surface area contributed by atoms with Crippen molar-refractivity contribution in [3.05, 3.63) is 33.8 Å². The molecule has 0 saturated heterocycles. The maximum absolute atomic E-state index is 11.9. The van der Waals surface area contributed by atoms with Gasteiger partial charge in [-0.1, -0.05) is 23.2 Å². The molecule has 6 nitrogen and oxygen atoms in total. The second-order valence-corrected chi connectivity index (χ2v) is 6.91. The summed E-state index contributed by atoms with van der Waals surface area (Å²) in [5, 5.41) is 6.33. The number of rotatable bonds is 3. The van der Waals surface area contributed by atoms with Gasteiger partial charge in [-0.2, -0.15) is 0 Å². The number of benzene rings is 1. The van der Waals surface area contributed by atoms with Crippen LogP contribution in [-0.4, -0.2) is 29.0 Å². The maximum atomic E-state index is 11.9. The number of nitrogens with one attached hydrogen (secondary N) is 4. The molecule has 0 saturated carbocycles. The molecule has 0 aliphatic rings. The topological polar surface area (TPSA) is 82.3 Å². The minimum atomic E-state index is -0.448. The Bertz CT molecular complexity index is 617. The quantitative estimate of drug-likeness (QED) is 0.479. The van der Waals surface area contributed by atoms with Gasteiger partial charge in [-0.3, -0.25) is 20.4 Å². The zero-order valence-electron chi connectivity index (χ0n) is 12.9. The minimum Gasteiger partial charge on any atom is -0.357 e. The van der Waals surface area contributed by atoms with E-state index in [1.807, 2.05) is 20.8 Å². The molecule has 1 aromatic rings. The SMILES string of the molecule is CC(C)(C)NC(=S)NNC(=O)CNC(=O)c1ccc(Cl)c(Cl)c1. The highest BCUT2D eigenvalue weighted by Gasteiger charge is 2.12. The molecule has 0 aliphatic carbocycles. The monoisotopic (exact) mass is 376 g/mol. The minimum absolute atomic E-state index is 0.218. The molecular formula is C14H18Cl2N4O2S. The third-order valence-electron chi connectivity index (χ3n) is 2.40. The lowest BCUT2D eigenvalue weighted by Gasteiger charge is -2.23. The normalized spacial score (nSPS) is 10.7. The Hall–Kier alpha value is -1.57. The summed E-state index contributed by atoms with van der Waals surface area (Å²) in [4.78, 5) is 23.5. The summed E-state index contributed by atoms with van der Waals surface area (Å²) in [5.41, 5.74) is 5.01. The van der Waals surface area contributed by atoms with Crippen LogP contribution < -0.4 is 21.5 Å². The van der Waals surface area contributed by atoms with Gasteiger partial charge >= 0.3 is 0 Å². The maximum Gasteiger partial charge on any atom is 0.257 e. The van der Waals surface area contributed by atoms with Crippen LogP contribution in [0, 0.1) is 0 Å². The van der Waals surface area contributed by atoms with E-state index < -0.39 is 11.8 Å². The molecular weight excluding hydrogens is 359 g/mol. The lowest BCUT2D eigenvalue weighted by Crippen LogP contribution is -2.53. The molecule has 0 radical (unpaired) electrons. The van der Waals surface area contributed by atoms with Crippen molar-refractivity contribution in [1.29, 1.82) is 0 Å². The largest absolute Gasteiger partial charge is 0.357 e. The van der Waals surface area contributed by atoms with E-state index in [1.165, 1.54) is 18.2 Å². The van der Waals surface area contributed by atoms with Gasteiger partial charge < -0.3 is 10.6 Å². The molecule has 9 heteroatoms. The first-order valence-electron chi connectivity index (χ1n) is 6.69. The highest BCUT2D eigenvalue weighted by molar-refractivity contribution is 7.80. The van der Waals surface area contributed by atoms with E-state index in [0.29, 0.717) is 10.6 Å². The van der Waals surface area contributed by atoms with Crippen molar-refractivity contribution in [3.8, 4) is 0 Å². The third kappa shape index (κ3) is 7.49. The molecule has 1 aromatic carbocycles. The summed E-state index contributed by atoms with van der Waals surface area (Å²) in [6.45, 7) is 5.57. The molecule has 4 N–H and O–H groups in total. The van der Waals surface area contributed by atoms with Crippen LogP contribution in [0.4, 0.5) is 0 Å². The van der Waals surface area contributed by atoms with Crippen molar-refractivity contribution in [1.82, 2.24) is 21.5 Å². The van der Waals surface area contributed by atoms with Crippen LogP contribution >= 0.6 is 35.4 Å². The van der Waals surface area contributed by atoms with E-state index in [9.17, 15) is 9.59 Å². The summed E-state index contributed by atoms with van der Waals surface area (Å²) in [7, 11) is 0. The fourth-order valence-electron chi connectivity index (χ4n) is 1.44. The van der Waals surface area contributed by atoms with Crippen molar-refractivity contribution < 1.29 is 9.59 Å². The summed E-state index contributed by atoms with van der Waals surface area (Å²) >= 11 is 16.6. The number of carbonyl (C=O) groups is 2. The Balaban J connectivity index is 2.39. The van der Waals surface area contributed by atoms with E-state index in [4.69, 9.17) is 35.4 Å². The molecule has 0 atom stereocenters. The number of amides is 2. The number of halogens is 2. The molecule has 0 bridgehead atoms. The van der Waals surface area contributed by atoms with E-state index in [0.717, 1.165) is 0 Å². The predicted octanol–water partition coefficient (Wildman–Crippen LogP) is 2.02. The molecule has 2 amide bonds. The van der Waals surface area contributed by atoms with Gasteiger partial charge in [0, 0.05) is 11.1 Å². The number of hydrazine groups is 1. The van der Waals surface area contributed by atoms with Crippen molar-refractivity contribution in [2.24, 2.45) is 0 Å². The van der Waals surface area contributed by atoms with Crippen LogP contribution in [0.25, 0.3) is 0 Å². The van der Waals surface area contributed by atoms with Gasteiger partial charge in [0.1, 0.15) is 0 Å². The number of hydrogen-bond acceptors (Lipinski definition) is 3. The first-order chi connectivity index (χ1) is 10.6. The lowest BCUT2D eigenvalue weighted by molar-refractivity contribution is -0.120. The van der Waals surface area contributed by atoms with Crippen LogP contribution in [0.5, 0.6) is 0 Å². The number of hydrogen-bond donors (Lipinski definition) is 4. The molecule has 0 spiro atoms. The Morgan fingerprint density at radius 3 is 2.35 bits per heavy atom. The van der Waals surface area contributed by atoms with Crippen LogP contribution in [0.2, 0.25) is 10.0 Å². The Labute approximate surface area is 150 Å². The Morgan fingerprint density at radius 2 is 1.78 bits per heavy atom. The van der Waals surface area contributed by atoms with E-state index in [-0.39, 0.29) is 22.2 Å². The van der Waals surface area contributed by atoms with Gasteiger partial charge in [-0.15, -0.1) is 0 Å². The molecule has 23 heavy (non-hydrogen) atoms. The van der Waals surface area contributed by atoms with Crippen LogP contribution in [0.15, 0.2) is 18.2 Å². The third-order valence-corrected chi connectivity index (χ3v) is 3.34. The molecule has 126 valence electrons. The van der Waals surface area contributed by atoms with Gasteiger partial charge in [-0.25, -0.2) is 0 Å². The van der Waals surface area contributed by atoms with E-state index in [2.05, 4.69) is 21.5 Å². The van der Waals surface area contributed by atoms with Gasteiger partial charge in [0.2, 0.25) is 0 Å². The summed E-state index contributed by atoms with van der Waals surface area (Å²) in [6, 6.07) is 4.46. The average molecular weight is 377 g/mol. The summed E-state index contributed by atoms with van der Waals surface area (Å²) in [5.74, 6) is -0.884. The molecule has 0 unspecified atom stereocenters. The van der Waals surface area contributed by atoms with Crippen molar-refractivity contribution in [3.63, 3.8) is 0 Å². The second kappa shape index (κ2) is 8.33. The number of thiocarbonyl (C=S) groups is 1. The van der Waals surface area contributed by atoms with Crippen LogP contribution in [0.3, 0.4) is 0 Å². The zero-order chi connectivity index (χ0) is 17.6. The first kappa shape index (κ1) is 19.5. The van der Waals surface area contributed by atoms with Gasteiger partial charge in [-0.05, 0) is 51.2 Å². The molecule has 0 heterocycles.